The molecular weight excluding hydrogens is 472 g/mol. The average molecular weight is 519 g/mol. The second-order valence-corrected chi connectivity index (χ2v) is 14.2. The smallest absolute Gasteiger partial charge is 0.315 e. The molecule has 208 valence electrons. The third-order valence-corrected chi connectivity index (χ3v) is 8.72. The molecule has 37 heavy (non-hydrogen) atoms. The lowest BCUT2D eigenvalue weighted by molar-refractivity contribution is -0.141. The zero-order valence-electron chi connectivity index (χ0n) is 23.7. The lowest BCUT2D eigenvalue weighted by Gasteiger charge is -2.36. The van der Waals surface area contributed by atoms with E-state index in [0.717, 1.165) is 19.3 Å². The molecule has 3 aliphatic carbocycles. The molecule has 5 N–H and O–H groups in total. The topological polar surface area (TPSA) is 147 Å². The molecule has 0 aromatic carbocycles. The maximum absolute atomic E-state index is 14.0. The minimum atomic E-state index is -1.06. The first kappa shape index (κ1) is 29.1. The van der Waals surface area contributed by atoms with Gasteiger partial charge in [-0.3, -0.25) is 19.2 Å². The maximum Gasteiger partial charge on any atom is 0.315 e. The number of amides is 4. The van der Waals surface area contributed by atoms with Crippen LogP contribution in [-0.4, -0.2) is 47.0 Å². The molecule has 9 nitrogen and oxygen atoms in total. The minimum absolute atomic E-state index is 0.00139. The van der Waals surface area contributed by atoms with E-state index in [1.165, 1.54) is 0 Å². The predicted octanol–water partition coefficient (Wildman–Crippen LogP) is 2.71. The summed E-state index contributed by atoms with van der Waals surface area (Å²) >= 11 is 0. The highest BCUT2D eigenvalue weighted by Crippen LogP contribution is 2.71. The van der Waals surface area contributed by atoms with Crippen LogP contribution in [0.2, 0.25) is 0 Å². The van der Waals surface area contributed by atoms with Crippen molar-refractivity contribution in [3.05, 3.63) is 0 Å². The molecule has 0 saturated heterocycles. The van der Waals surface area contributed by atoms with Gasteiger partial charge >= 0.3 is 6.03 Å². The number of Topliss-reactive ketones (excluding diaryl/α,β-unsaturated/α-hetero) is 2. The first-order valence-corrected chi connectivity index (χ1v) is 13.6. The fourth-order valence-corrected chi connectivity index (χ4v) is 6.43. The molecule has 0 spiro atoms. The maximum atomic E-state index is 14.0. The van der Waals surface area contributed by atoms with E-state index in [4.69, 9.17) is 5.73 Å². The van der Waals surface area contributed by atoms with Crippen molar-refractivity contribution in [2.24, 2.45) is 46.2 Å². The van der Waals surface area contributed by atoms with Crippen molar-refractivity contribution in [1.82, 2.24) is 16.0 Å². The second-order valence-electron chi connectivity index (χ2n) is 14.2. The normalized spacial score (nSPS) is 28.2. The Morgan fingerprint density at radius 3 is 2.03 bits per heavy atom. The lowest BCUT2D eigenvalue weighted by Crippen LogP contribution is -2.58. The van der Waals surface area contributed by atoms with Crippen LogP contribution in [0.1, 0.15) is 87.5 Å². The number of hydrogen-bond acceptors (Lipinski definition) is 5. The van der Waals surface area contributed by atoms with Gasteiger partial charge in [0.05, 0.1) is 18.0 Å². The van der Waals surface area contributed by atoms with Crippen LogP contribution < -0.4 is 21.7 Å². The third kappa shape index (κ3) is 6.34. The molecule has 9 heteroatoms. The molecule has 3 saturated carbocycles. The molecule has 3 fully saturated rings. The van der Waals surface area contributed by atoms with Gasteiger partial charge in [0.2, 0.25) is 11.7 Å². The summed E-state index contributed by atoms with van der Waals surface area (Å²) in [5.74, 6) is -3.13. The molecular formula is C28H46N4O5. The van der Waals surface area contributed by atoms with Crippen molar-refractivity contribution < 1.29 is 24.0 Å². The Bertz CT molecular complexity index is 957. The van der Waals surface area contributed by atoms with Gasteiger partial charge in [-0.15, -0.1) is 0 Å². The quantitative estimate of drug-likeness (QED) is 0.347. The van der Waals surface area contributed by atoms with Crippen molar-refractivity contribution in [1.29, 1.82) is 0 Å². The highest BCUT2D eigenvalue weighted by molar-refractivity contribution is 6.37. The molecule has 6 atom stereocenters. The summed E-state index contributed by atoms with van der Waals surface area (Å²) in [5, 5.41) is 8.54. The third-order valence-electron chi connectivity index (χ3n) is 8.72. The summed E-state index contributed by atoms with van der Waals surface area (Å²) < 4.78 is 0. The summed E-state index contributed by atoms with van der Waals surface area (Å²) in [6, 6.07) is -2.20. The number of rotatable bonds is 9. The van der Waals surface area contributed by atoms with E-state index in [-0.39, 0.29) is 34.9 Å². The molecule has 0 aromatic rings. The highest BCUT2D eigenvalue weighted by atomic mass is 16.2. The summed E-state index contributed by atoms with van der Waals surface area (Å²) in [5.41, 5.74) is 4.15. The second kappa shape index (κ2) is 10.0. The zero-order valence-corrected chi connectivity index (χ0v) is 23.7. The van der Waals surface area contributed by atoms with Gasteiger partial charge in [0, 0.05) is 11.5 Å². The number of carbonyl (C=O) groups is 5. The molecule has 0 aromatic heterocycles. The van der Waals surface area contributed by atoms with Gasteiger partial charge in [0.1, 0.15) is 0 Å². The summed E-state index contributed by atoms with van der Waals surface area (Å²) in [6.07, 6.45) is 3.92. The number of ketones is 2. The van der Waals surface area contributed by atoms with Crippen LogP contribution in [0.4, 0.5) is 4.79 Å². The number of nitrogens with two attached hydrogens (primary N) is 1. The lowest BCUT2D eigenvalue weighted by atomic mass is 9.73. The van der Waals surface area contributed by atoms with Crippen molar-refractivity contribution in [3.8, 4) is 0 Å². The van der Waals surface area contributed by atoms with Crippen LogP contribution in [0, 0.1) is 40.4 Å². The van der Waals surface area contributed by atoms with Crippen LogP contribution in [-0.2, 0) is 19.2 Å². The Morgan fingerprint density at radius 2 is 1.57 bits per heavy atom. The highest BCUT2D eigenvalue weighted by Gasteiger charge is 2.70. The minimum Gasteiger partial charge on any atom is -0.363 e. The molecule has 3 rings (SSSR count). The van der Waals surface area contributed by atoms with Crippen LogP contribution in [0.25, 0.3) is 0 Å². The van der Waals surface area contributed by atoms with E-state index in [1.807, 2.05) is 41.5 Å². The van der Waals surface area contributed by atoms with E-state index in [2.05, 4.69) is 29.8 Å². The molecule has 0 heterocycles. The SMILES string of the molecule is CC(C)(C)NC(=O)N[C@H](C(=O)C1C[C@H]2[C@@H]([C@H]1C(=O)NC(CC1CCC1)C(=O)C(N)=O)C2(C)C)C(C)(C)C. The summed E-state index contributed by atoms with van der Waals surface area (Å²) in [4.78, 5) is 64.7. The van der Waals surface area contributed by atoms with Gasteiger partial charge in [-0.25, -0.2) is 4.79 Å². The van der Waals surface area contributed by atoms with Crippen LogP contribution in [0.15, 0.2) is 0 Å². The molecule has 0 aliphatic heterocycles. The van der Waals surface area contributed by atoms with E-state index in [0.29, 0.717) is 12.8 Å². The molecule has 3 aliphatic rings. The van der Waals surface area contributed by atoms with Gasteiger partial charge in [0.15, 0.2) is 5.78 Å². The zero-order chi connectivity index (χ0) is 28.1. The number of urea groups is 1. The van der Waals surface area contributed by atoms with E-state index in [9.17, 15) is 24.0 Å². The Balaban J connectivity index is 1.83. The predicted molar refractivity (Wildman–Crippen MR) is 140 cm³/mol. The fourth-order valence-electron chi connectivity index (χ4n) is 6.43. The molecule has 0 bridgehead atoms. The Hall–Kier alpha value is -2.45. The van der Waals surface area contributed by atoms with Crippen LogP contribution >= 0.6 is 0 Å². The first-order chi connectivity index (χ1) is 16.8. The van der Waals surface area contributed by atoms with Crippen molar-refractivity contribution >= 4 is 29.4 Å². The monoisotopic (exact) mass is 518 g/mol. The largest absolute Gasteiger partial charge is 0.363 e. The first-order valence-electron chi connectivity index (χ1n) is 13.6. The molecule has 0 radical (unpaired) electrons. The Labute approximate surface area is 220 Å². The number of hydrogen-bond donors (Lipinski definition) is 4. The number of nitrogens with one attached hydrogen (secondary N) is 3. The van der Waals surface area contributed by atoms with Crippen molar-refractivity contribution in [3.63, 3.8) is 0 Å². The van der Waals surface area contributed by atoms with Gasteiger partial charge in [0.25, 0.3) is 5.91 Å². The van der Waals surface area contributed by atoms with Gasteiger partial charge in [-0.05, 0) is 62.2 Å². The number of fused-ring (bicyclic) bond motifs is 1. The van der Waals surface area contributed by atoms with Crippen molar-refractivity contribution in [2.75, 3.05) is 0 Å². The number of carbonyl (C=O) groups excluding carboxylic acids is 5. The van der Waals surface area contributed by atoms with Gasteiger partial charge < -0.3 is 21.7 Å². The van der Waals surface area contributed by atoms with Gasteiger partial charge in [-0.2, -0.15) is 0 Å². The van der Waals surface area contributed by atoms with Crippen LogP contribution in [0.3, 0.4) is 0 Å². The fraction of sp³-hybridized carbons (Fsp3) is 0.821. The Morgan fingerprint density at radius 1 is 0.973 bits per heavy atom. The molecule has 4 amide bonds. The molecule has 2 unspecified atom stereocenters. The Kier molecular flexibility index (Phi) is 7.89. The van der Waals surface area contributed by atoms with E-state index < -0.39 is 52.6 Å². The van der Waals surface area contributed by atoms with Crippen LogP contribution in [0.5, 0.6) is 0 Å². The van der Waals surface area contributed by atoms with Crippen molar-refractivity contribution in [2.45, 2.75) is 105 Å². The average Bonchev–Trinajstić information content (AvgIpc) is 3.06. The number of primary amides is 1. The standard InChI is InChI=1S/C28H46N4O5/c1-26(2,3)22(31-25(37)32-27(4,5)6)20(33)15-13-16-19(28(16,7)8)18(15)24(36)30-17(21(34)23(29)35)12-14-10-9-11-14/h14-19,22H,9-13H2,1-8H3,(H2,29,35)(H,30,36)(H2,31,32,37)/t15?,16-,17?,18-,19-,22+/m0/s1. The van der Waals surface area contributed by atoms with E-state index >= 15 is 0 Å². The summed E-state index contributed by atoms with van der Waals surface area (Å²) in [7, 11) is 0. The van der Waals surface area contributed by atoms with Gasteiger partial charge in [-0.1, -0.05) is 53.9 Å². The van der Waals surface area contributed by atoms with E-state index in [1.54, 1.807) is 0 Å². The summed E-state index contributed by atoms with van der Waals surface area (Å²) in [6.45, 7) is 15.5.